The number of carbonyl (C=O) groups is 2. The average Bonchev–Trinajstić information content (AvgIpc) is 3.21. The number of rotatable bonds is 3. The smallest absolute Gasteiger partial charge is 0.308 e. The fraction of sp³-hybridized carbons (Fsp3) is 0.556. The monoisotopic (exact) mass is 299 g/mol. The molecule has 3 aliphatic carbocycles. The van der Waals surface area contributed by atoms with Gasteiger partial charge in [0.05, 0.1) is 5.92 Å². The van der Waals surface area contributed by atoms with E-state index in [0.717, 1.165) is 38.5 Å². The zero-order chi connectivity index (χ0) is 15.3. The minimum absolute atomic E-state index is 0.113. The van der Waals surface area contributed by atoms with Gasteiger partial charge in [0.1, 0.15) is 0 Å². The number of benzene rings is 1. The van der Waals surface area contributed by atoms with Gasteiger partial charge in [0.15, 0.2) is 0 Å². The molecule has 22 heavy (non-hydrogen) atoms. The van der Waals surface area contributed by atoms with Gasteiger partial charge >= 0.3 is 5.97 Å². The van der Waals surface area contributed by atoms with Crippen molar-refractivity contribution in [3.05, 3.63) is 34.9 Å². The Morgan fingerprint density at radius 1 is 1.09 bits per heavy atom. The largest absolute Gasteiger partial charge is 0.481 e. The first-order valence-corrected chi connectivity index (χ1v) is 8.29. The predicted octanol–water partition coefficient (Wildman–Crippen LogP) is 2.40. The summed E-state index contributed by atoms with van der Waals surface area (Å²) in [5.41, 5.74) is 3.29. The molecular weight excluding hydrogens is 278 g/mol. The lowest BCUT2D eigenvalue weighted by Gasteiger charge is -2.28. The molecule has 1 amide bonds. The highest BCUT2D eigenvalue weighted by atomic mass is 16.4. The minimum Gasteiger partial charge on any atom is -0.481 e. The van der Waals surface area contributed by atoms with Crippen molar-refractivity contribution in [1.29, 1.82) is 0 Å². The van der Waals surface area contributed by atoms with E-state index in [1.165, 1.54) is 11.1 Å². The summed E-state index contributed by atoms with van der Waals surface area (Å²) in [5.74, 6) is -0.695. The molecule has 4 heteroatoms. The number of carboxylic acids is 1. The van der Waals surface area contributed by atoms with Crippen molar-refractivity contribution < 1.29 is 14.7 Å². The minimum atomic E-state index is -0.758. The van der Waals surface area contributed by atoms with E-state index in [4.69, 9.17) is 0 Å². The third-order valence-electron chi connectivity index (χ3n) is 5.86. The van der Waals surface area contributed by atoms with E-state index in [9.17, 15) is 14.7 Å². The fourth-order valence-corrected chi connectivity index (χ4v) is 4.80. The number of fused-ring (bicyclic) bond motifs is 3. The molecule has 0 unspecified atom stereocenters. The normalized spacial score (nSPS) is 32.0. The molecular formula is C18H21NO3. The molecule has 4 nitrogen and oxygen atoms in total. The maximum atomic E-state index is 12.5. The predicted molar refractivity (Wildman–Crippen MR) is 81.7 cm³/mol. The molecule has 0 radical (unpaired) electrons. The Bertz CT molecular complexity index is 639. The molecule has 0 saturated heterocycles. The molecule has 0 aromatic heterocycles. The number of nitrogens with one attached hydrogen (secondary N) is 1. The zero-order valence-electron chi connectivity index (χ0n) is 12.5. The van der Waals surface area contributed by atoms with E-state index in [-0.39, 0.29) is 17.9 Å². The van der Waals surface area contributed by atoms with Gasteiger partial charge < -0.3 is 10.4 Å². The Hall–Kier alpha value is -1.84. The molecule has 2 fully saturated rings. The quantitative estimate of drug-likeness (QED) is 0.900. The second-order valence-corrected chi connectivity index (χ2v) is 7.03. The molecule has 4 atom stereocenters. The van der Waals surface area contributed by atoms with Gasteiger partial charge in [0.25, 0.3) is 5.91 Å². The summed E-state index contributed by atoms with van der Waals surface area (Å²) >= 11 is 0. The highest BCUT2D eigenvalue weighted by molar-refractivity contribution is 5.95. The molecule has 0 spiro atoms. The van der Waals surface area contributed by atoms with Crippen molar-refractivity contribution in [3.63, 3.8) is 0 Å². The van der Waals surface area contributed by atoms with Gasteiger partial charge in [-0.1, -0.05) is 6.07 Å². The van der Waals surface area contributed by atoms with E-state index < -0.39 is 11.9 Å². The number of hydrogen-bond donors (Lipinski definition) is 2. The Morgan fingerprint density at radius 2 is 1.86 bits per heavy atom. The average molecular weight is 299 g/mol. The molecule has 0 heterocycles. The molecule has 4 rings (SSSR count). The topological polar surface area (TPSA) is 66.4 Å². The van der Waals surface area contributed by atoms with E-state index in [1.54, 1.807) is 0 Å². The fourth-order valence-electron chi connectivity index (χ4n) is 4.80. The van der Waals surface area contributed by atoms with Gasteiger partial charge in [-0.3, -0.25) is 9.59 Å². The van der Waals surface area contributed by atoms with Crippen LogP contribution in [0.25, 0.3) is 0 Å². The van der Waals surface area contributed by atoms with Gasteiger partial charge in [-0.05, 0) is 73.6 Å². The van der Waals surface area contributed by atoms with Gasteiger partial charge in [0.2, 0.25) is 0 Å². The van der Waals surface area contributed by atoms with Crippen LogP contribution in [0.5, 0.6) is 0 Å². The lowest BCUT2D eigenvalue weighted by atomic mass is 9.84. The van der Waals surface area contributed by atoms with Crippen LogP contribution < -0.4 is 5.32 Å². The standard InChI is InChI=1S/C18H21NO3/c20-17(14-7-4-10-2-1-3-11(10)8-14)19-16-13-6-5-12(9-13)15(16)18(21)22/h4,7-8,12-13,15-16H,1-3,5-6,9H2,(H,19,20)(H,21,22)/t12-,13+,15+,16-/m1/s1. The van der Waals surface area contributed by atoms with Crippen LogP contribution in [0.2, 0.25) is 0 Å². The third-order valence-corrected chi connectivity index (χ3v) is 5.86. The van der Waals surface area contributed by atoms with E-state index >= 15 is 0 Å². The van der Waals surface area contributed by atoms with E-state index in [2.05, 4.69) is 5.32 Å². The van der Waals surface area contributed by atoms with Gasteiger partial charge in [-0.25, -0.2) is 0 Å². The first-order valence-electron chi connectivity index (χ1n) is 8.29. The van der Waals surface area contributed by atoms with Crippen molar-refractivity contribution in [1.82, 2.24) is 5.32 Å². The van der Waals surface area contributed by atoms with Crippen molar-refractivity contribution in [2.75, 3.05) is 0 Å². The SMILES string of the molecule is O=C(N[C@@H]1[C@H]2CC[C@H](C2)[C@@H]1C(=O)O)c1ccc2c(c1)CCC2. The molecule has 1 aromatic carbocycles. The molecule has 2 bridgehead atoms. The van der Waals surface area contributed by atoms with Crippen LogP contribution in [0, 0.1) is 17.8 Å². The zero-order valence-corrected chi connectivity index (χ0v) is 12.5. The van der Waals surface area contributed by atoms with E-state index in [0.29, 0.717) is 11.5 Å². The number of amides is 1. The number of aliphatic carboxylic acids is 1. The summed E-state index contributed by atoms with van der Waals surface area (Å²) in [6.07, 6.45) is 6.30. The maximum absolute atomic E-state index is 12.5. The van der Waals surface area contributed by atoms with Crippen LogP contribution in [-0.2, 0) is 17.6 Å². The van der Waals surface area contributed by atoms with Crippen molar-refractivity contribution in [2.45, 2.75) is 44.6 Å². The summed E-state index contributed by atoms with van der Waals surface area (Å²) in [4.78, 5) is 24.1. The first kappa shape index (κ1) is 13.8. The molecule has 2 saturated carbocycles. The number of carbonyl (C=O) groups excluding carboxylic acids is 1. The highest BCUT2D eigenvalue weighted by Crippen LogP contribution is 2.48. The summed E-state index contributed by atoms with van der Waals surface area (Å²) in [6, 6.07) is 5.72. The van der Waals surface area contributed by atoms with Crippen LogP contribution in [0.1, 0.15) is 47.2 Å². The Balaban J connectivity index is 1.53. The molecule has 3 aliphatic rings. The van der Waals surface area contributed by atoms with Crippen molar-refractivity contribution in [2.24, 2.45) is 17.8 Å². The summed E-state index contributed by atoms with van der Waals surface area (Å²) < 4.78 is 0. The summed E-state index contributed by atoms with van der Waals surface area (Å²) in [6.45, 7) is 0. The Morgan fingerprint density at radius 3 is 2.68 bits per heavy atom. The van der Waals surface area contributed by atoms with Crippen LogP contribution in [-0.4, -0.2) is 23.0 Å². The number of aryl methyl sites for hydroxylation is 2. The Labute approximate surface area is 129 Å². The van der Waals surface area contributed by atoms with Crippen molar-refractivity contribution in [3.8, 4) is 0 Å². The lowest BCUT2D eigenvalue weighted by molar-refractivity contribution is -0.144. The van der Waals surface area contributed by atoms with Crippen LogP contribution in [0.15, 0.2) is 18.2 Å². The van der Waals surface area contributed by atoms with Crippen molar-refractivity contribution >= 4 is 11.9 Å². The second-order valence-electron chi connectivity index (χ2n) is 7.03. The number of carboxylic acid groups (broad SMARTS) is 1. The van der Waals surface area contributed by atoms with E-state index in [1.807, 2.05) is 18.2 Å². The summed E-state index contributed by atoms with van der Waals surface area (Å²) in [7, 11) is 0. The molecule has 0 aliphatic heterocycles. The van der Waals surface area contributed by atoms with Gasteiger partial charge in [-0.15, -0.1) is 0 Å². The molecule has 116 valence electrons. The summed E-state index contributed by atoms with van der Waals surface area (Å²) in [5, 5.41) is 12.5. The lowest BCUT2D eigenvalue weighted by Crippen LogP contribution is -2.46. The van der Waals surface area contributed by atoms with Gasteiger partial charge in [-0.2, -0.15) is 0 Å². The maximum Gasteiger partial charge on any atom is 0.308 e. The molecule has 1 aromatic rings. The third kappa shape index (κ3) is 2.13. The van der Waals surface area contributed by atoms with Crippen LogP contribution >= 0.6 is 0 Å². The molecule has 2 N–H and O–H groups in total. The number of hydrogen-bond acceptors (Lipinski definition) is 2. The van der Waals surface area contributed by atoms with Crippen LogP contribution in [0.3, 0.4) is 0 Å². The van der Waals surface area contributed by atoms with Gasteiger partial charge in [0, 0.05) is 11.6 Å². The first-order chi connectivity index (χ1) is 10.6. The second kappa shape index (κ2) is 5.11. The Kier molecular flexibility index (Phi) is 3.21. The highest BCUT2D eigenvalue weighted by Gasteiger charge is 2.51. The van der Waals surface area contributed by atoms with Crippen LogP contribution in [0.4, 0.5) is 0 Å².